The molecule has 0 amide bonds. The van der Waals surface area contributed by atoms with Gasteiger partial charge in [0, 0.05) is 19.8 Å². The number of ether oxygens (including phenoxy) is 3. The Bertz CT molecular complexity index is 536. The number of aliphatic hydroxyl groups excluding tert-OH is 3. The molecule has 1 aliphatic rings. The monoisotopic (exact) mass is 418 g/mol. The van der Waals surface area contributed by atoms with Crippen molar-refractivity contribution < 1.29 is 43.9 Å². The highest BCUT2D eigenvalue weighted by Gasteiger charge is 2.55. The van der Waals surface area contributed by atoms with Crippen molar-refractivity contribution >= 4 is 17.9 Å². The van der Waals surface area contributed by atoms with E-state index >= 15 is 0 Å². The zero-order valence-corrected chi connectivity index (χ0v) is 17.4. The first-order chi connectivity index (χ1) is 13.7. The fraction of sp³-hybridized carbons (Fsp3) is 0.850. The first kappa shape index (κ1) is 25.3. The molecule has 6 atom stereocenters. The smallest absolute Gasteiger partial charge is 0.306 e. The van der Waals surface area contributed by atoms with Crippen LogP contribution in [0.4, 0.5) is 0 Å². The first-order valence-corrected chi connectivity index (χ1v) is 10.3. The van der Waals surface area contributed by atoms with Gasteiger partial charge in [0.2, 0.25) is 0 Å². The van der Waals surface area contributed by atoms with Crippen LogP contribution in [0.1, 0.15) is 72.1 Å². The average Bonchev–Trinajstić information content (AvgIpc) is 2.66. The van der Waals surface area contributed by atoms with Crippen LogP contribution in [0.15, 0.2) is 0 Å². The van der Waals surface area contributed by atoms with Crippen LogP contribution in [0.2, 0.25) is 0 Å². The van der Waals surface area contributed by atoms with E-state index in [1.807, 2.05) is 13.8 Å². The number of aliphatic hydroxyl groups is 3. The van der Waals surface area contributed by atoms with Gasteiger partial charge in [-0.1, -0.05) is 39.5 Å². The minimum Gasteiger partial charge on any atom is -0.456 e. The topological polar surface area (TPSA) is 140 Å². The largest absolute Gasteiger partial charge is 0.456 e. The fourth-order valence-electron chi connectivity index (χ4n) is 3.23. The summed E-state index contributed by atoms with van der Waals surface area (Å²) in [6, 6.07) is 0. The summed E-state index contributed by atoms with van der Waals surface area (Å²) in [5.74, 6) is -2.05. The van der Waals surface area contributed by atoms with E-state index in [0.29, 0.717) is 12.8 Å². The van der Waals surface area contributed by atoms with E-state index in [2.05, 4.69) is 0 Å². The minimum atomic E-state index is -1.75. The average molecular weight is 418 g/mol. The molecular formula is C20H34O9. The Hall–Kier alpha value is -1.71. The van der Waals surface area contributed by atoms with Gasteiger partial charge in [-0.15, -0.1) is 0 Å². The molecular weight excluding hydrogens is 384 g/mol. The molecule has 0 aromatic heterocycles. The summed E-state index contributed by atoms with van der Waals surface area (Å²) < 4.78 is 15.7. The van der Waals surface area contributed by atoms with Gasteiger partial charge in [-0.2, -0.15) is 0 Å². The second-order valence-corrected chi connectivity index (χ2v) is 7.37. The third-order valence-corrected chi connectivity index (χ3v) is 4.83. The molecule has 9 nitrogen and oxygen atoms in total. The Kier molecular flexibility index (Phi) is 11.2. The van der Waals surface area contributed by atoms with E-state index in [0.717, 1.165) is 32.6 Å². The molecule has 9 heteroatoms. The second kappa shape index (κ2) is 12.8. The number of esters is 3. The van der Waals surface area contributed by atoms with Crippen LogP contribution in [0.25, 0.3) is 0 Å². The molecule has 0 aliphatic heterocycles. The van der Waals surface area contributed by atoms with E-state index in [9.17, 15) is 29.7 Å². The molecule has 0 heterocycles. The van der Waals surface area contributed by atoms with Crippen LogP contribution in [-0.2, 0) is 28.6 Å². The summed E-state index contributed by atoms with van der Waals surface area (Å²) in [6.45, 7) is 5.05. The SMILES string of the molecule is CCCCCC(=O)O[C@@H]1[C@H](OC(C)=O)[C@H](O)[C@@H](O)C(O)[C@@H]1OC(=O)CCCCC. The van der Waals surface area contributed by atoms with Crippen molar-refractivity contribution in [1.29, 1.82) is 0 Å². The molecule has 0 spiro atoms. The van der Waals surface area contributed by atoms with Crippen LogP contribution >= 0.6 is 0 Å². The molecule has 29 heavy (non-hydrogen) atoms. The highest BCUT2D eigenvalue weighted by Crippen LogP contribution is 2.29. The van der Waals surface area contributed by atoms with Gasteiger partial charge in [0.25, 0.3) is 0 Å². The number of hydrogen-bond acceptors (Lipinski definition) is 9. The van der Waals surface area contributed by atoms with E-state index < -0.39 is 54.5 Å². The molecule has 1 fully saturated rings. The van der Waals surface area contributed by atoms with E-state index in [4.69, 9.17) is 14.2 Å². The van der Waals surface area contributed by atoms with E-state index in [1.165, 1.54) is 0 Å². The zero-order chi connectivity index (χ0) is 22.0. The number of carbonyl (C=O) groups is 3. The van der Waals surface area contributed by atoms with Crippen LogP contribution in [0.3, 0.4) is 0 Å². The Balaban J connectivity index is 3.00. The maximum Gasteiger partial charge on any atom is 0.306 e. The summed E-state index contributed by atoms with van der Waals surface area (Å²) in [7, 11) is 0. The van der Waals surface area contributed by atoms with Gasteiger partial charge in [0.15, 0.2) is 18.3 Å². The van der Waals surface area contributed by atoms with Gasteiger partial charge in [0.1, 0.15) is 18.3 Å². The highest BCUT2D eigenvalue weighted by molar-refractivity contribution is 5.71. The van der Waals surface area contributed by atoms with Crippen LogP contribution in [-0.4, -0.2) is 69.9 Å². The predicted octanol–water partition coefficient (Wildman–Crippen LogP) is 0.999. The molecule has 168 valence electrons. The highest BCUT2D eigenvalue weighted by atomic mass is 16.6. The van der Waals surface area contributed by atoms with Crippen molar-refractivity contribution in [2.45, 2.75) is 109 Å². The Morgan fingerprint density at radius 1 is 0.655 bits per heavy atom. The molecule has 3 N–H and O–H groups in total. The Morgan fingerprint density at radius 2 is 1.07 bits per heavy atom. The molecule has 0 bridgehead atoms. The van der Waals surface area contributed by atoms with Gasteiger partial charge >= 0.3 is 17.9 Å². The summed E-state index contributed by atoms with van der Waals surface area (Å²) in [6.07, 6.45) is -4.79. The van der Waals surface area contributed by atoms with Gasteiger partial charge in [0.05, 0.1) is 0 Å². The summed E-state index contributed by atoms with van der Waals surface area (Å²) in [5.41, 5.74) is 0. The second-order valence-electron chi connectivity index (χ2n) is 7.37. The summed E-state index contributed by atoms with van der Waals surface area (Å²) in [5, 5.41) is 30.7. The Labute approximate surface area is 171 Å². The van der Waals surface area contributed by atoms with Crippen LogP contribution in [0, 0.1) is 0 Å². The number of unbranched alkanes of at least 4 members (excludes halogenated alkanes) is 4. The Morgan fingerprint density at radius 3 is 1.48 bits per heavy atom. The molecule has 0 radical (unpaired) electrons. The van der Waals surface area contributed by atoms with E-state index in [1.54, 1.807) is 0 Å². The van der Waals surface area contributed by atoms with Crippen LogP contribution in [0.5, 0.6) is 0 Å². The molecule has 1 aliphatic carbocycles. The number of hydrogen-bond donors (Lipinski definition) is 3. The van der Waals surface area contributed by atoms with Gasteiger partial charge in [-0.25, -0.2) is 0 Å². The third kappa shape index (κ3) is 7.91. The number of carbonyl (C=O) groups excluding carboxylic acids is 3. The maximum atomic E-state index is 12.2. The minimum absolute atomic E-state index is 0.0864. The van der Waals surface area contributed by atoms with Crippen molar-refractivity contribution in [2.24, 2.45) is 0 Å². The summed E-state index contributed by atoms with van der Waals surface area (Å²) >= 11 is 0. The maximum absolute atomic E-state index is 12.2. The molecule has 0 aromatic carbocycles. The lowest BCUT2D eigenvalue weighted by Gasteiger charge is -2.43. The van der Waals surface area contributed by atoms with Crippen LogP contribution < -0.4 is 0 Å². The van der Waals surface area contributed by atoms with Crippen molar-refractivity contribution in [3.8, 4) is 0 Å². The van der Waals surface area contributed by atoms with Gasteiger partial charge in [-0.3, -0.25) is 14.4 Å². The van der Waals surface area contributed by atoms with E-state index in [-0.39, 0.29) is 12.8 Å². The molecule has 1 saturated carbocycles. The van der Waals surface area contributed by atoms with Gasteiger partial charge in [-0.05, 0) is 12.8 Å². The standard InChI is InChI=1S/C20H34O9/c1-4-6-8-10-13(22)28-19-17(26)15(24)16(25)18(27-12(3)21)20(19)29-14(23)11-9-7-5-2/h15-20,24-26H,4-11H2,1-3H3/t15-,16-,17?,18-,19+,20-/m1/s1. The first-order valence-electron chi connectivity index (χ1n) is 10.3. The summed E-state index contributed by atoms with van der Waals surface area (Å²) in [4.78, 5) is 35.9. The molecule has 0 saturated heterocycles. The lowest BCUT2D eigenvalue weighted by Crippen LogP contribution is -2.66. The fourth-order valence-corrected chi connectivity index (χ4v) is 3.23. The van der Waals surface area contributed by atoms with Crippen molar-refractivity contribution in [1.82, 2.24) is 0 Å². The van der Waals surface area contributed by atoms with Crippen molar-refractivity contribution in [3.05, 3.63) is 0 Å². The lowest BCUT2D eigenvalue weighted by molar-refractivity contribution is -0.247. The number of rotatable bonds is 11. The molecule has 1 rings (SSSR count). The van der Waals surface area contributed by atoms with Crippen molar-refractivity contribution in [2.75, 3.05) is 0 Å². The predicted molar refractivity (Wildman–Crippen MR) is 102 cm³/mol. The lowest BCUT2D eigenvalue weighted by atomic mass is 9.84. The molecule has 1 unspecified atom stereocenters. The van der Waals surface area contributed by atoms with Crippen molar-refractivity contribution in [3.63, 3.8) is 0 Å². The van der Waals surface area contributed by atoms with Gasteiger partial charge < -0.3 is 29.5 Å². The normalized spacial score (nSPS) is 29.2. The molecule has 0 aromatic rings. The third-order valence-electron chi connectivity index (χ3n) is 4.83. The zero-order valence-electron chi connectivity index (χ0n) is 17.4. The quantitative estimate of drug-likeness (QED) is 0.255.